The van der Waals surface area contributed by atoms with Gasteiger partial charge in [-0.1, -0.05) is 47.0 Å². The van der Waals surface area contributed by atoms with Crippen LogP contribution in [0.4, 0.5) is 4.39 Å². The number of ether oxygens (including phenoxy) is 1. The van der Waals surface area contributed by atoms with Gasteiger partial charge in [0.25, 0.3) is 0 Å². The molecule has 3 nitrogen and oxygen atoms in total. The highest BCUT2D eigenvalue weighted by atomic mass is 79.9. The van der Waals surface area contributed by atoms with Crippen molar-refractivity contribution in [1.82, 2.24) is 10.2 Å². The molecule has 2 aromatic carbocycles. The molecule has 0 aromatic heterocycles. The van der Waals surface area contributed by atoms with Gasteiger partial charge in [0.1, 0.15) is 11.6 Å². The van der Waals surface area contributed by atoms with E-state index in [2.05, 4.69) is 21.2 Å². The zero-order valence-electron chi connectivity index (χ0n) is 16.5. The Labute approximate surface area is 171 Å². The maximum atomic E-state index is 14.8. The van der Waals surface area contributed by atoms with Crippen LogP contribution in [0.3, 0.4) is 0 Å². The summed E-state index contributed by atoms with van der Waals surface area (Å²) in [5.74, 6) is 0.364. The number of hydrogen-bond acceptors (Lipinski definition) is 3. The predicted octanol–water partition coefficient (Wildman–Crippen LogP) is 5.40. The SMILES string of the molecule is CNCCCCCCOc1ccc([C@H](c2ccc(Br)cc2)N(C)C)c(F)c1. The fourth-order valence-electron chi connectivity index (χ4n) is 3.17. The summed E-state index contributed by atoms with van der Waals surface area (Å²) in [6.07, 6.45) is 4.50. The first-order valence-corrected chi connectivity index (χ1v) is 10.3. The Hall–Kier alpha value is -1.43. The van der Waals surface area contributed by atoms with Crippen LogP contribution < -0.4 is 10.1 Å². The van der Waals surface area contributed by atoms with Crippen LogP contribution >= 0.6 is 15.9 Å². The summed E-state index contributed by atoms with van der Waals surface area (Å²) in [6, 6.07) is 13.1. The lowest BCUT2D eigenvalue weighted by Crippen LogP contribution is -2.22. The first kappa shape index (κ1) is 21.9. The van der Waals surface area contributed by atoms with Crippen molar-refractivity contribution in [3.8, 4) is 5.75 Å². The van der Waals surface area contributed by atoms with Gasteiger partial charge in [-0.2, -0.15) is 0 Å². The molecule has 0 aliphatic heterocycles. The third-order valence-electron chi connectivity index (χ3n) is 4.56. The molecule has 0 radical (unpaired) electrons. The molecule has 0 unspecified atom stereocenters. The van der Waals surface area contributed by atoms with Gasteiger partial charge in [0.15, 0.2) is 0 Å². The Morgan fingerprint density at radius 2 is 1.74 bits per heavy atom. The van der Waals surface area contributed by atoms with E-state index in [1.165, 1.54) is 18.9 Å². The van der Waals surface area contributed by atoms with Gasteiger partial charge < -0.3 is 10.1 Å². The minimum atomic E-state index is -0.233. The molecule has 2 rings (SSSR count). The van der Waals surface area contributed by atoms with E-state index in [0.717, 1.165) is 29.4 Å². The Morgan fingerprint density at radius 1 is 1.04 bits per heavy atom. The standard InChI is InChI=1S/C22H30BrFN2O/c1-25-14-6-4-5-7-15-27-19-12-13-20(21(24)16-19)22(26(2)3)17-8-10-18(23)11-9-17/h8-13,16,22,25H,4-7,14-15H2,1-3H3/t22-/m0/s1. The summed E-state index contributed by atoms with van der Waals surface area (Å²) in [5, 5.41) is 3.15. The van der Waals surface area contributed by atoms with E-state index < -0.39 is 0 Å². The number of rotatable bonds is 11. The number of hydrogen-bond donors (Lipinski definition) is 1. The average molecular weight is 437 g/mol. The predicted molar refractivity (Wildman–Crippen MR) is 114 cm³/mol. The van der Waals surface area contributed by atoms with E-state index in [1.807, 2.05) is 62.4 Å². The van der Waals surface area contributed by atoms with Gasteiger partial charge in [0.05, 0.1) is 12.6 Å². The molecule has 2 aromatic rings. The van der Waals surface area contributed by atoms with Crippen molar-refractivity contribution in [2.75, 3.05) is 34.3 Å². The topological polar surface area (TPSA) is 24.5 Å². The molecule has 0 spiro atoms. The van der Waals surface area contributed by atoms with Gasteiger partial charge >= 0.3 is 0 Å². The number of nitrogens with zero attached hydrogens (tertiary/aromatic N) is 1. The van der Waals surface area contributed by atoms with Crippen molar-refractivity contribution >= 4 is 15.9 Å². The second-order valence-electron chi connectivity index (χ2n) is 6.97. The summed E-state index contributed by atoms with van der Waals surface area (Å²) in [6.45, 7) is 1.68. The van der Waals surface area contributed by atoms with E-state index in [1.54, 1.807) is 0 Å². The minimum Gasteiger partial charge on any atom is -0.493 e. The van der Waals surface area contributed by atoms with Crippen molar-refractivity contribution in [2.24, 2.45) is 0 Å². The van der Waals surface area contributed by atoms with E-state index in [4.69, 9.17) is 4.74 Å². The van der Waals surface area contributed by atoms with Gasteiger partial charge in [-0.25, -0.2) is 4.39 Å². The molecule has 5 heteroatoms. The quantitative estimate of drug-likeness (QED) is 0.477. The van der Waals surface area contributed by atoms with Crippen molar-refractivity contribution in [1.29, 1.82) is 0 Å². The van der Waals surface area contributed by atoms with Crippen LogP contribution in [-0.2, 0) is 0 Å². The molecule has 0 heterocycles. The molecule has 0 aliphatic carbocycles. The monoisotopic (exact) mass is 436 g/mol. The van der Waals surface area contributed by atoms with Crippen LogP contribution in [-0.4, -0.2) is 39.2 Å². The normalized spacial score (nSPS) is 12.4. The first-order chi connectivity index (χ1) is 13.0. The smallest absolute Gasteiger partial charge is 0.132 e. The second kappa shape index (κ2) is 11.4. The highest BCUT2D eigenvalue weighted by Gasteiger charge is 2.20. The minimum absolute atomic E-state index is 0.140. The zero-order valence-corrected chi connectivity index (χ0v) is 18.1. The van der Waals surface area contributed by atoms with E-state index in [9.17, 15) is 4.39 Å². The van der Waals surface area contributed by atoms with Crippen LogP contribution in [0.2, 0.25) is 0 Å². The van der Waals surface area contributed by atoms with E-state index in [0.29, 0.717) is 17.9 Å². The molecule has 1 atom stereocenters. The summed E-state index contributed by atoms with van der Waals surface area (Å²) in [4.78, 5) is 2.02. The van der Waals surface area contributed by atoms with Crippen molar-refractivity contribution in [3.05, 3.63) is 63.9 Å². The molecule has 1 N–H and O–H groups in total. The zero-order chi connectivity index (χ0) is 19.6. The highest BCUT2D eigenvalue weighted by Crippen LogP contribution is 2.31. The fraction of sp³-hybridized carbons (Fsp3) is 0.455. The van der Waals surface area contributed by atoms with Crippen LogP contribution in [0.25, 0.3) is 0 Å². The first-order valence-electron chi connectivity index (χ1n) is 9.51. The molecule has 0 saturated heterocycles. The third kappa shape index (κ3) is 6.91. The maximum Gasteiger partial charge on any atom is 0.132 e. The number of benzene rings is 2. The van der Waals surface area contributed by atoms with Gasteiger partial charge in [-0.15, -0.1) is 0 Å². The second-order valence-corrected chi connectivity index (χ2v) is 7.88. The summed E-state index contributed by atoms with van der Waals surface area (Å²) < 4.78 is 21.6. The van der Waals surface area contributed by atoms with Crippen LogP contribution in [0.5, 0.6) is 5.75 Å². The summed E-state index contributed by atoms with van der Waals surface area (Å²) in [5.41, 5.74) is 1.71. The van der Waals surface area contributed by atoms with Gasteiger partial charge in [-0.05, 0) is 64.3 Å². The van der Waals surface area contributed by atoms with Crippen molar-refractivity contribution in [2.45, 2.75) is 31.7 Å². The molecule has 0 fully saturated rings. The van der Waals surface area contributed by atoms with E-state index >= 15 is 0 Å². The van der Waals surface area contributed by atoms with Gasteiger partial charge in [0, 0.05) is 16.1 Å². The van der Waals surface area contributed by atoms with Gasteiger partial charge in [0.2, 0.25) is 0 Å². The molecule has 0 bridgehead atoms. The van der Waals surface area contributed by atoms with Crippen molar-refractivity contribution in [3.63, 3.8) is 0 Å². The number of unbranched alkanes of at least 4 members (excludes halogenated alkanes) is 3. The lowest BCUT2D eigenvalue weighted by atomic mass is 9.97. The van der Waals surface area contributed by atoms with E-state index in [-0.39, 0.29) is 11.9 Å². The van der Waals surface area contributed by atoms with Gasteiger partial charge in [-0.3, -0.25) is 4.90 Å². The largest absolute Gasteiger partial charge is 0.493 e. The lowest BCUT2D eigenvalue weighted by Gasteiger charge is -2.26. The number of halogens is 2. The highest BCUT2D eigenvalue weighted by molar-refractivity contribution is 9.10. The number of nitrogens with one attached hydrogen (secondary N) is 1. The Morgan fingerprint density at radius 3 is 2.37 bits per heavy atom. The third-order valence-corrected chi connectivity index (χ3v) is 5.09. The molecule has 0 amide bonds. The molecule has 148 valence electrons. The molecule has 0 saturated carbocycles. The average Bonchev–Trinajstić information content (AvgIpc) is 2.64. The summed E-state index contributed by atoms with van der Waals surface area (Å²) >= 11 is 3.45. The van der Waals surface area contributed by atoms with Crippen LogP contribution in [0.15, 0.2) is 46.9 Å². The molecular formula is C22H30BrFN2O. The van der Waals surface area contributed by atoms with Crippen LogP contribution in [0.1, 0.15) is 42.9 Å². The van der Waals surface area contributed by atoms with Crippen LogP contribution in [0, 0.1) is 5.82 Å². The molecule has 0 aliphatic rings. The Kier molecular flexibility index (Phi) is 9.25. The van der Waals surface area contributed by atoms with Crippen molar-refractivity contribution < 1.29 is 9.13 Å². The molecule has 27 heavy (non-hydrogen) atoms. The maximum absolute atomic E-state index is 14.8. The summed E-state index contributed by atoms with van der Waals surface area (Å²) in [7, 11) is 5.90. The Balaban J connectivity index is 1.98. The Bertz CT molecular complexity index is 691. The fourth-order valence-corrected chi connectivity index (χ4v) is 3.43. The molecular weight excluding hydrogens is 407 g/mol. The lowest BCUT2D eigenvalue weighted by molar-refractivity contribution is 0.301.